The van der Waals surface area contributed by atoms with Crippen LogP contribution in [0.4, 0.5) is 0 Å². The lowest BCUT2D eigenvalue weighted by Gasteiger charge is -2.33. The molecule has 0 aromatic carbocycles. The van der Waals surface area contributed by atoms with Gasteiger partial charge in [-0.3, -0.25) is 9.59 Å². The van der Waals surface area contributed by atoms with Crippen molar-refractivity contribution in [3.05, 3.63) is 23.5 Å². The molecule has 0 spiro atoms. The third kappa shape index (κ3) is 2.07. The molecule has 4 heteroatoms. The van der Waals surface area contributed by atoms with Gasteiger partial charge in [-0.1, -0.05) is 6.08 Å². The summed E-state index contributed by atoms with van der Waals surface area (Å²) in [6.45, 7) is 3.55. The van der Waals surface area contributed by atoms with Gasteiger partial charge in [-0.25, -0.2) is 0 Å². The molecular weight excluding hydrogens is 232 g/mol. The molecule has 18 heavy (non-hydrogen) atoms. The summed E-state index contributed by atoms with van der Waals surface area (Å²) in [4.78, 5) is 23.3. The van der Waals surface area contributed by atoms with Crippen LogP contribution in [0.25, 0.3) is 0 Å². The maximum absolute atomic E-state index is 12.2. The topological polar surface area (TPSA) is 52.6 Å². The van der Waals surface area contributed by atoms with Crippen molar-refractivity contribution in [3.8, 4) is 0 Å². The van der Waals surface area contributed by atoms with Gasteiger partial charge in [0.1, 0.15) is 5.76 Å². The van der Waals surface area contributed by atoms with E-state index in [1.54, 1.807) is 6.92 Å². The van der Waals surface area contributed by atoms with Crippen LogP contribution in [-0.4, -0.2) is 18.5 Å². The minimum atomic E-state index is -0.588. The molecule has 2 rings (SSSR count). The summed E-state index contributed by atoms with van der Waals surface area (Å²) in [5.74, 6) is -0.000450. The zero-order valence-corrected chi connectivity index (χ0v) is 10.8. The molecule has 0 N–H and O–H groups in total. The van der Waals surface area contributed by atoms with E-state index in [4.69, 9.17) is 9.47 Å². The quantitative estimate of drug-likeness (QED) is 0.722. The Balaban J connectivity index is 2.28. The van der Waals surface area contributed by atoms with Gasteiger partial charge < -0.3 is 9.47 Å². The third-order valence-electron chi connectivity index (χ3n) is 3.52. The minimum Gasteiger partial charge on any atom is -0.465 e. The first-order valence-corrected chi connectivity index (χ1v) is 6.37. The van der Waals surface area contributed by atoms with E-state index in [2.05, 4.69) is 0 Å². The van der Waals surface area contributed by atoms with Crippen LogP contribution >= 0.6 is 0 Å². The lowest BCUT2D eigenvalue weighted by Crippen LogP contribution is -2.35. The Morgan fingerprint density at radius 3 is 2.56 bits per heavy atom. The van der Waals surface area contributed by atoms with E-state index in [-0.39, 0.29) is 11.9 Å². The van der Waals surface area contributed by atoms with Crippen molar-refractivity contribution in [2.24, 2.45) is 5.41 Å². The SMILES string of the molecule is CCOC(=O)C12CCC=C(OC(C)=O)C1=CCC2. The molecule has 0 aromatic rings. The standard InChI is InChI=1S/C14H18O4/c1-3-17-13(16)14-8-4-6-11(14)12(7-5-9-14)18-10(2)15/h6-7H,3-5,8-9H2,1-2H3. The summed E-state index contributed by atoms with van der Waals surface area (Å²) in [5, 5.41) is 0. The number of fused-ring (bicyclic) bond motifs is 1. The fourth-order valence-electron chi connectivity index (χ4n) is 2.78. The predicted octanol–water partition coefficient (Wildman–Crippen LogP) is 2.50. The summed E-state index contributed by atoms with van der Waals surface area (Å²) in [6.07, 6.45) is 6.93. The number of hydrogen-bond acceptors (Lipinski definition) is 4. The number of esters is 2. The average molecular weight is 250 g/mol. The van der Waals surface area contributed by atoms with Crippen LogP contribution in [0.3, 0.4) is 0 Å². The Hall–Kier alpha value is -1.58. The molecule has 0 bridgehead atoms. The van der Waals surface area contributed by atoms with Crippen molar-refractivity contribution >= 4 is 11.9 Å². The van der Waals surface area contributed by atoms with Gasteiger partial charge >= 0.3 is 11.9 Å². The molecule has 4 nitrogen and oxygen atoms in total. The number of carbonyl (C=O) groups excluding carboxylic acids is 2. The molecule has 0 aliphatic heterocycles. The molecule has 2 aliphatic carbocycles. The Morgan fingerprint density at radius 2 is 1.94 bits per heavy atom. The molecule has 0 radical (unpaired) electrons. The second-order valence-corrected chi connectivity index (χ2v) is 4.66. The second kappa shape index (κ2) is 4.96. The highest BCUT2D eigenvalue weighted by atomic mass is 16.5. The number of ether oxygens (including phenoxy) is 2. The van der Waals surface area contributed by atoms with Crippen molar-refractivity contribution in [3.63, 3.8) is 0 Å². The fraction of sp³-hybridized carbons (Fsp3) is 0.571. The smallest absolute Gasteiger partial charge is 0.316 e. The summed E-state index contributed by atoms with van der Waals surface area (Å²) in [7, 11) is 0. The van der Waals surface area contributed by atoms with Crippen molar-refractivity contribution in [2.75, 3.05) is 6.61 Å². The maximum Gasteiger partial charge on any atom is 0.316 e. The van der Waals surface area contributed by atoms with Gasteiger partial charge in [0.05, 0.1) is 12.0 Å². The Kier molecular flexibility index (Phi) is 3.55. The summed E-state index contributed by atoms with van der Waals surface area (Å²) < 4.78 is 10.4. The molecular formula is C14H18O4. The molecule has 0 fully saturated rings. The van der Waals surface area contributed by atoms with Crippen molar-refractivity contribution in [1.29, 1.82) is 0 Å². The second-order valence-electron chi connectivity index (χ2n) is 4.66. The zero-order valence-electron chi connectivity index (χ0n) is 10.8. The molecule has 1 unspecified atom stereocenters. The molecule has 2 aliphatic rings. The normalized spacial score (nSPS) is 25.9. The number of rotatable bonds is 3. The Bertz CT molecular complexity index is 433. The van der Waals surface area contributed by atoms with Crippen LogP contribution in [0.1, 0.15) is 39.5 Å². The molecule has 1 atom stereocenters. The Morgan fingerprint density at radius 1 is 1.28 bits per heavy atom. The molecule has 0 heterocycles. The lowest BCUT2D eigenvalue weighted by molar-refractivity contribution is -0.154. The largest absolute Gasteiger partial charge is 0.465 e. The van der Waals surface area contributed by atoms with E-state index < -0.39 is 5.41 Å². The minimum absolute atomic E-state index is 0.188. The zero-order chi connectivity index (χ0) is 13.2. The van der Waals surface area contributed by atoms with Gasteiger partial charge in [-0.15, -0.1) is 0 Å². The summed E-state index contributed by atoms with van der Waals surface area (Å²) in [6, 6.07) is 0. The predicted molar refractivity (Wildman–Crippen MR) is 65.5 cm³/mol. The first kappa shape index (κ1) is 12.9. The molecule has 0 saturated carbocycles. The molecule has 0 saturated heterocycles. The first-order chi connectivity index (χ1) is 8.60. The van der Waals surface area contributed by atoms with Gasteiger partial charge in [0.15, 0.2) is 0 Å². The van der Waals surface area contributed by atoms with E-state index in [0.29, 0.717) is 12.4 Å². The van der Waals surface area contributed by atoms with Crippen LogP contribution in [0.2, 0.25) is 0 Å². The van der Waals surface area contributed by atoms with Crippen LogP contribution in [0, 0.1) is 5.41 Å². The van der Waals surface area contributed by atoms with E-state index in [1.165, 1.54) is 6.92 Å². The molecule has 0 aromatic heterocycles. The molecule has 98 valence electrons. The number of carbonyl (C=O) groups is 2. The first-order valence-electron chi connectivity index (χ1n) is 6.37. The van der Waals surface area contributed by atoms with Crippen molar-refractivity contribution in [2.45, 2.75) is 39.5 Å². The van der Waals surface area contributed by atoms with Crippen LogP contribution in [-0.2, 0) is 19.1 Å². The Labute approximate surface area is 107 Å². The maximum atomic E-state index is 12.2. The molecule has 0 amide bonds. The monoisotopic (exact) mass is 250 g/mol. The fourth-order valence-corrected chi connectivity index (χ4v) is 2.78. The summed E-state index contributed by atoms with van der Waals surface area (Å²) >= 11 is 0. The van der Waals surface area contributed by atoms with Crippen LogP contribution < -0.4 is 0 Å². The lowest BCUT2D eigenvalue weighted by atomic mass is 9.73. The van der Waals surface area contributed by atoms with Crippen LogP contribution in [0.15, 0.2) is 23.5 Å². The van der Waals surface area contributed by atoms with Gasteiger partial charge in [0.25, 0.3) is 0 Å². The summed E-state index contributed by atoms with van der Waals surface area (Å²) in [5.41, 5.74) is 0.248. The van der Waals surface area contributed by atoms with Gasteiger partial charge in [0, 0.05) is 12.5 Å². The number of allylic oxidation sites excluding steroid dienone is 3. The highest BCUT2D eigenvalue weighted by Gasteiger charge is 2.48. The van der Waals surface area contributed by atoms with Crippen LogP contribution in [0.5, 0.6) is 0 Å². The van der Waals surface area contributed by atoms with E-state index in [0.717, 1.165) is 31.3 Å². The van der Waals surface area contributed by atoms with E-state index in [1.807, 2.05) is 12.2 Å². The number of hydrogen-bond donors (Lipinski definition) is 0. The van der Waals surface area contributed by atoms with Gasteiger partial charge in [-0.2, -0.15) is 0 Å². The van der Waals surface area contributed by atoms with Gasteiger partial charge in [-0.05, 0) is 38.7 Å². The highest BCUT2D eigenvalue weighted by molar-refractivity contribution is 5.84. The van der Waals surface area contributed by atoms with Crippen molar-refractivity contribution in [1.82, 2.24) is 0 Å². The van der Waals surface area contributed by atoms with E-state index >= 15 is 0 Å². The van der Waals surface area contributed by atoms with E-state index in [9.17, 15) is 9.59 Å². The third-order valence-corrected chi connectivity index (χ3v) is 3.52. The highest BCUT2D eigenvalue weighted by Crippen LogP contribution is 2.50. The van der Waals surface area contributed by atoms with Crippen molar-refractivity contribution < 1.29 is 19.1 Å². The van der Waals surface area contributed by atoms with Gasteiger partial charge in [0.2, 0.25) is 0 Å². The average Bonchev–Trinajstić information content (AvgIpc) is 2.74.